The average molecular weight is 952 g/mol. The molecule has 1 spiro atoms. The topological polar surface area (TPSA) is 3.24 Å². The van der Waals surface area contributed by atoms with Crippen LogP contribution in [0.15, 0.2) is 297 Å². The van der Waals surface area contributed by atoms with Crippen molar-refractivity contribution in [3.05, 3.63) is 342 Å². The minimum absolute atomic E-state index is 0.570. The van der Waals surface area contributed by atoms with Crippen molar-refractivity contribution < 1.29 is 0 Å². The highest BCUT2D eigenvalue weighted by Crippen LogP contribution is 2.66. The van der Waals surface area contributed by atoms with Crippen LogP contribution in [0, 0.1) is 0 Å². The van der Waals surface area contributed by atoms with Crippen molar-refractivity contribution in [1.82, 2.24) is 0 Å². The maximum atomic E-state index is 2.61. The summed E-state index contributed by atoms with van der Waals surface area (Å²) in [6.07, 6.45) is 0. The van der Waals surface area contributed by atoms with Crippen LogP contribution in [0.3, 0.4) is 0 Å². The molecule has 0 fully saturated rings. The van der Waals surface area contributed by atoms with Gasteiger partial charge in [-0.25, -0.2) is 0 Å². The number of hydrogen-bond acceptors (Lipinski definition) is 1. The second-order valence-corrected chi connectivity index (χ2v) is 20.2. The molecule has 0 bridgehead atoms. The second kappa shape index (κ2) is 17.0. The van der Waals surface area contributed by atoms with E-state index in [1.54, 1.807) is 0 Å². The molecule has 75 heavy (non-hydrogen) atoms. The molecule has 0 aromatic heterocycles. The molecule has 0 N–H and O–H groups in total. The van der Waals surface area contributed by atoms with Crippen LogP contribution in [0.2, 0.25) is 0 Å². The fourth-order valence-electron chi connectivity index (χ4n) is 13.6. The molecule has 0 heterocycles. The standard InChI is InChI=1S/C74H49N/c1-5-23-50(24-6-1)53-47-54(51-25-7-2-8-26-51)49-55(48-53)52-43-45-58(46-44-52)75(69-41-22-40-68-71(69)63-34-16-20-39-67(63)73(68,56-27-9-3-10-28-56)57-29-11-4-12-30-57)70-42-21-35-62-61-33-15-19-38-66(61)74(72(62)70)64-36-17-13-31-59(64)60-32-14-18-37-65(60)74/h1-49H. The molecule has 15 rings (SSSR count). The monoisotopic (exact) mass is 951 g/mol. The molecule has 1 heteroatoms. The van der Waals surface area contributed by atoms with Crippen LogP contribution in [0.4, 0.5) is 17.1 Å². The Morgan fingerprint density at radius 2 is 0.587 bits per heavy atom. The Kier molecular flexibility index (Phi) is 9.77. The Morgan fingerprint density at radius 3 is 1.09 bits per heavy atom. The third-order valence-electron chi connectivity index (χ3n) is 16.5. The summed E-state index contributed by atoms with van der Waals surface area (Å²) in [4.78, 5) is 2.61. The Hall–Kier alpha value is -9.56. The van der Waals surface area contributed by atoms with E-state index in [1.165, 1.54) is 106 Å². The summed E-state index contributed by atoms with van der Waals surface area (Å²) in [5, 5.41) is 0. The van der Waals surface area contributed by atoms with Gasteiger partial charge in [-0.15, -0.1) is 0 Å². The summed E-state index contributed by atoms with van der Waals surface area (Å²) in [5.74, 6) is 0. The third kappa shape index (κ3) is 6.25. The number of fused-ring (bicyclic) bond motifs is 13. The molecule has 0 saturated heterocycles. The van der Waals surface area contributed by atoms with Crippen molar-refractivity contribution >= 4 is 17.1 Å². The van der Waals surface area contributed by atoms with Crippen LogP contribution < -0.4 is 4.90 Å². The predicted octanol–water partition coefficient (Wildman–Crippen LogP) is 18.9. The summed E-state index contributed by atoms with van der Waals surface area (Å²) < 4.78 is 0. The molecule has 12 aromatic carbocycles. The van der Waals surface area contributed by atoms with Gasteiger partial charge in [0, 0.05) is 16.8 Å². The zero-order valence-electron chi connectivity index (χ0n) is 41.2. The van der Waals surface area contributed by atoms with Crippen LogP contribution >= 0.6 is 0 Å². The summed E-state index contributed by atoms with van der Waals surface area (Å²) in [6.45, 7) is 0. The Morgan fingerprint density at radius 1 is 0.227 bits per heavy atom. The smallest absolute Gasteiger partial charge is 0.0746 e. The zero-order valence-corrected chi connectivity index (χ0v) is 41.2. The lowest BCUT2D eigenvalue weighted by molar-refractivity contribution is 0.768. The minimum atomic E-state index is -0.576. The van der Waals surface area contributed by atoms with E-state index in [9.17, 15) is 0 Å². The van der Waals surface area contributed by atoms with Gasteiger partial charge in [0.1, 0.15) is 0 Å². The van der Waals surface area contributed by atoms with Crippen LogP contribution in [-0.4, -0.2) is 0 Å². The molecule has 1 nitrogen and oxygen atoms in total. The lowest BCUT2D eigenvalue weighted by atomic mass is 9.67. The van der Waals surface area contributed by atoms with Crippen LogP contribution in [0.25, 0.3) is 66.8 Å². The maximum absolute atomic E-state index is 2.61. The fraction of sp³-hybridized carbons (Fsp3) is 0.0270. The van der Waals surface area contributed by atoms with Gasteiger partial charge in [-0.05, 0) is 143 Å². The predicted molar refractivity (Wildman–Crippen MR) is 311 cm³/mol. The molecule has 0 radical (unpaired) electrons. The number of anilines is 3. The number of nitrogens with zero attached hydrogens (tertiary/aromatic N) is 1. The van der Waals surface area contributed by atoms with Gasteiger partial charge in [-0.1, -0.05) is 255 Å². The summed E-state index contributed by atoms with van der Waals surface area (Å²) in [6, 6.07) is 111. The Labute approximate surface area is 439 Å². The lowest BCUT2D eigenvalue weighted by Crippen LogP contribution is -2.29. The van der Waals surface area contributed by atoms with Gasteiger partial charge in [0.25, 0.3) is 0 Å². The molecule has 0 atom stereocenters. The van der Waals surface area contributed by atoms with Gasteiger partial charge in [0.2, 0.25) is 0 Å². The van der Waals surface area contributed by atoms with Crippen molar-refractivity contribution in [3.8, 4) is 66.8 Å². The van der Waals surface area contributed by atoms with Crippen LogP contribution in [0.1, 0.15) is 44.5 Å². The van der Waals surface area contributed by atoms with E-state index in [2.05, 4.69) is 302 Å². The molecule has 350 valence electrons. The van der Waals surface area contributed by atoms with E-state index >= 15 is 0 Å². The highest BCUT2D eigenvalue weighted by atomic mass is 15.2. The van der Waals surface area contributed by atoms with E-state index in [0.29, 0.717) is 0 Å². The molecule has 0 amide bonds. The molecule has 0 unspecified atom stereocenters. The first-order chi connectivity index (χ1) is 37.2. The Bertz CT molecular complexity index is 4000. The van der Waals surface area contributed by atoms with E-state index in [1.807, 2.05) is 0 Å². The molecule has 3 aliphatic carbocycles. The summed E-state index contributed by atoms with van der Waals surface area (Å²) in [7, 11) is 0. The van der Waals surface area contributed by atoms with E-state index in [0.717, 1.165) is 22.6 Å². The lowest BCUT2D eigenvalue weighted by Gasteiger charge is -2.37. The average Bonchev–Trinajstić information content (AvgIpc) is 4.28. The van der Waals surface area contributed by atoms with Crippen molar-refractivity contribution in [2.24, 2.45) is 0 Å². The fourth-order valence-corrected chi connectivity index (χ4v) is 13.6. The molecule has 3 aliphatic rings. The quantitative estimate of drug-likeness (QED) is 0.147. The van der Waals surface area contributed by atoms with E-state index < -0.39 is 10.8 Å². The largest absolute Gasteiger partial charge is 0.310 e. The first-order valence-electron chi connectivity index (χ1n) is 26.2. The van der Waals surface area contributed by atoms with Crippen molar-refractivity contribution in [2.75, 3.05) is 4.90 Å². The number of hydrogen-bond donors (Lipinski definition) is 0. The van der Waals surface area contributed by atoms with E-state index in [4.69, 9.17) is 0 Å². The highest BCUT2D eigenvalue weighted by molar-refractivity contribution is 6.03. The van der Waals surface area contributed by atoms with E-state index in [-0.39, 0.29) is 0 Å². The normalized spacial score (nSPS) is 13.5. The van der Waals surface area contributed by atoms with Crippen LogP contribution in [-0.2, 0) is 10.8 Å². The van der Waals surface area contributed by atoms with Gasteiger partial charge in [-0.3, -0.25) is 0 Å². The number of benzene rings is 12. The van der Waals surface area contributed by atoms with Crippen LogP contribution in [0.5, 0.6) is 0 Å². The molecule has 0 saturated carbocycles. The highest BCUT2D eigenvalue weighted by Gasteiger charge is 2.54. The zero-order chi connectivity index (χ0) is 49.5. The van der Waals surface area contributed by atoms with Gasteiger partial charge in [0.05, 0.1) is 22.2 Å². The van der Waals surface area contributed by atoms with Gasteiger partial charge in [-0.2, -0.15) is 0 Å². The van der Waals surface area contributed by atoms with Crippen molar-refractivity contribution in [1.29, 1.82) is 0 Å². The molecule has 0 aliphatic heterocycles. The summed E-state index contributed by atoms with van der Waals surface area (Å²) >= 11 is 0. The van der Waals surface area contributed by atoms with Gasteiger partial charge < -0.3 is 4.90 Å². The van der Waals surface area contributed by atoms with Crippen molar-refractivity contribution in [2.45, 2.75) is 10.8 Å². The molecular weight excluding hydrogens is 903 g/mol. The van der Waals surface area contributed by atoms with Gasteiger partial charge >= 0.3 is 0 Å². The first kappa shape index (κ1) is 43.1. The first-order valence-corrected chi connectivity index (χ1v) is 26.2. The third-order valence-corrected chi connectivity index (χ3v) is 16.5. The minimum Gasteiger partial charge on any atom is -0.310 e. The number of rotatable bonds is 8. The molecule has 12 aromatic rings. The maximum Gasteiger partial charge on any atom is 0.0746 e. The summed E-state index contributed by atoms with van der Waals surface area (Å²) in [5.41, 5.74) is 27.3. The SMILES string of the molecule is c1ccc(-c2cc(-c3ccccc3)cc(-c3ccc(N(c4cccc5c4-c4ccccc4C5(c4ccccc4)c4ccccc4)c4cccc5c4C4(c6ccccc6-c6ccccc64)c4ccccc4-5)cc3)c2)cc1. The second-order valence-electron chi connectivity index (χ2n) is 20.2. The van der Waals surface area contributed by atoms with Gasteiger partial charge in [0.15, 0.2) is 0 Å². The molecular formula is C74H49N. The van der Waals surface area contributed by atoms with Crippen molar-refractivity contribution in [3.63, 3.8) is 0 Å². The Balaban J connectivity index is 1.02.